The van der Waals surface area contributed by atoms with Crippen LogP contribution in [0.1, 0.15) is 27.7 Å². The predicted molar refractivity (Wildman–Crippen MR) is 64.2 cm³/mol. The Hall–Kier alpha value is -1.79. The molecule has 7 nitrogen and oxygen atoms in total. The summed E-state index contributed by atoms with van der Waals surface area (Å²) in [6, 6.07) is -2.89. The van der Waals surface area contributed by atoms with E-state index in [-0.39, 0.29) is 11.8 Å². The van der Waals surface area contributed by atoms with Gasteiger partial charge in [0.15, 0.2) is 0 Å². The summed E-state index contributed by atoms with van der Waals surface area (Å²) in [4.78, 5) is 33.3. The van der Waals surface area contributed by atoms with E-state index in [9.17, 15) is 14.4 Å². The topological polar surface area (TPSA) is 116 Å². The molecule has 0 aromatic rings. The van der Waals surface area contributed by atoms with Crippen molar-refractivity contribution < 1.29 is 24.6 Å². The lowest BCUT2D eigenvalue weighted by Gasteiger charge is -2.22. The van der Waals surface area contributed by atoms with Crippen molar-refractivity contribution in [2.75, 3.05) is 0 Å². The normalized spacial score (nSPS) is 14.1. The van der Waals surface area contributed by atoms with Crippen molar-refractivity contribution in [1.82, 2.24) is 10.6 Å². The predicted octanol–water partition coefficient (Wildman–Crippen LogP) is 0.504. The monoisotopic (exact) mass is 260 g/mol. The first-order valence-corrected chi connectivity index (χ1v) is 5.69. The molecule has 104 valence electrons. The third-order valence-electron chi connectivity index (χ3n) is 2.44. The zero-order valence-corrected chi connectivity index (χ0v) is 10.9. The van der Waals surface area contributed by atoms with Gasteiger partial charge in [0.2, 0.25) is 0 Å². The first kappa shape index (κ1) is 16.2. The molecule has 0 aliphatic rings. The third kappa shape index (κ3) is 5.03. The van der Waals surface area contributed by atoms with E-state index in [2.05, 4.69) is 10.6 Å². The van der Waals surface area contributed by atoms with Crippen LogP contribution in [0.5, 0.6) is 0 Å². The second-order valence-electron chi connectivity index (χ2n) is 4.74. The third-order valence-corrected chi connectivity index (χ3v) is 2.44. The maximum Gasteiger partial charge on any atom is 0.326 e. The van der Waals surface area contributed by atoms with E-state index in [1.165, 1.54) is 0 Å². The van der Waals surface area contributed by atoms with E-state index in [1.807, 2.05) is 0 Å². The minimum atomic E-state index is -1.16. The number of carbonyl (C=O) groups excluding carboxylic acids is 1. The Morgan fingerprint density at radius 3 is 1.22 bits per heavy atom. The highest BCUT2D eigenvalue weighted by molar-refractivity contribution is 5.86. The largest absolute Gasteiger partial charge is 0.480 e. The molecule has 0 aliphatic carbocycles. The van der Waals surface area contributed by atoms with Crippen molar-refractivity contribution in [3.8, 4) is 0 Å². The standard InChI is InChI=1S/C11H20N2O5/c1-5(2)7(9(14)15)12-11(18)13-8(6(3)4)10(16)17/h5-8H,1-4H3,(H,14,15)(H,16,17)(H2,12,13,18)/t7-,8-/m1/s1. The highest BCUT2D eigenvalue weighted by Gasteiger charge is 2.27. The van der Waals surface area contributed by atoms with Gasteiger partial charge in [0.25, 0.3) is 0 Å². The van der Waals surface area contributed by atoms with Gasteiger partial charge >= 0.3 is 18.0 Å². The maximum absolute atomic E-state index is 11.5. The van der Waals surface area contributed by atoms with Gasteiger partial charge in [-0.25, -0.2) is 14.4 Å². The minimum absolute atomic E-state index is 0.296. The van der Waals surface area contributed by atoms with Crippen molar-refractivity contribution in [2.24, 2.45) is 11.8 Å². The summed E-state index contributed by atoms with van der Waals surface area (Å²) < 4.78 is 0. The fourth-order valence-electron chi connectivity index (χ4n) is 1.35. The molecule has 7 heteroatoms. The SMILES string of the molecule is CC(C)[C@@H](NC(=O)N[C@@H](C(=O)O)C(C)C)C(=O)O. The Morgan fingerprint density at radius 2 is 1.06 bits per heavy atom. The summed E-state index contributed by atoms with van der Waals surface area (Å²) in [7, 11) is 0. The molecule has 0 heterocycles. The number of carboxylic acids is 2. The van der Waals surface area contributed by atoms with Gasteiger partial charge in [0.05, 0.1) is 0 Å². The molecule has 0 saturated carbocycles. The molecule has 0 fully saturated rings. The van der Waals surface area contributed by atoms with Crippen molar-refractivity contribution in [3.05, 3.63) is 0 Å². The average Bonchev–Trinajstić information content (AvgIpc) is 2.20. The van der Waals surface area contributed by atoms with Gasteiger partial charge < -0.3 is 20.8 Å². The Bertz CT molecular complexity index is 297. The highest BCUT2D eigenvalue weighted by atomic mass is 16.4. The molecule has 0 aromatic carbocycles. The number of rotatable bonds is 6. The Morgan fingerprint density at radius 1 is 0.778 bits per heavy atom. The van der Waals surface area contributed by atoms with Crippen LogP contribution in [0.15, 0.2) is 0 Å². The molecule has 0 bridgehead atoms. The van der Waals surface area contributed by atoms with Gasteiger partial charge in [-0.15, -0.1) is 0 Å². The lowest BCUT2D eigenvalue weighted by molar-refractivity contribution is -0.140. The number of carboxylic acid groups (broad SMARTS) is 2. The molecule has 18 heavy (non-hydrogen) atoms. The second kappa shape index (κ2) is 6.83. The smallest absolute Gasteiger partial charge is 0.326 e. The van der Waals surface area contributed by atoms with Gasteiger partial charge in [-0.3, -0.25) is 0 Å². The number of hydrogen-bond acceptors (Lipinski definition) is 3. The molecule has 0 unspecified atom stereocenters. The number of urea groups is 1. The fourth-order valence-corrected chi connectivity index (χ4v) is 1.35. The average molecular weight is 260 g/mol. The summed E-state index contributed by atoms with van der Waals surface area (Å²) in [6.07, 6.45) is 0. The molecule has 0 saturated heterocycles. The molecular weight excluding hydrogens is 240 g/mol. The summed E-state index contributed by atoms with van der Waals surface area (Å²) in [5, 5.41) is 22.3. The van der Waals surface area contributed by atoms with E-state index in [4.69, 9.17) is 10.2 Å². The summed E-state index contributed by atoms with van der Waals surface area (Å²) in [5.74, 6) is -2.90. The number of carbonyl (C=O) groups is 3. The Kier molecular flexibility index (Phi) is 6.15. The second-order valence-corrected chi connectivity index (χ2v) is 4.74. The molecular formula is C11H20N2O5. The van der Waals surface area contributed by atoms with Crippen LogP contribution in [-0.4, -0.2) is 40.3 Å². The molecule has 4 N–H and O–H groups in total. The summed E-state index contributed by atoms with van der Waals surface area (Å²) in [6.45, 7) is 6.60. The molecule has 0 rings (SSSR count). The number of hydrogen-bond donors (Lipinski definition) is 4. The van der Waals surface area contributed by atoms with Crippen LogP contribution in [0.2, 0.25) is 0 Å². The summed E-state index contributed by atoms with van der Waals surface area (Å²) in [5.41, 5.74) is 0. The van der Waals surface area contributed by atoms with Gasteiger partial charge in [-0.2, -0.15) is 0 Å². The number of aliphatic carboxylic acids is 2. The van der Waals surface area contributed by atoms with Crippen molar-refractivity contribution in [1.29, 1.82) is 0 Å². The van der Waals surface area contributed by atoms with Gasteiger partial charge in [0, 0.05) is 0 Å². The van der Waals surface area contributed by atoms with Crippen LogP contribution in [0.25, 0.3) is 0 Å². The van der Waals surface area contributed by atoms with Gasteiger partial charge in [-0.1, -0.05) is 27.7 Å². The van der Waals surface area contributed by atoms with Crippen LogP contribution < -0.4 is 10.6 Å². The molecule has 2 amide bonds. The summed E-state index contributed by atoms with van der Waals surface area (Å²) >= 11 is 0. The van der Waals surface area contributed by atoms with E-state index < -0.39 is 30.1 Å². The van der Waals surface area contributed by atoms with E-state index in [0.29, 0.717) is 0 Å². The maximum atomic E-state index is 11.5. The number of amides is 2. The zero-order chi connectivity index (χ0) is 14.5. The quantitative estimate of drug-likeness (QED) is 0.555. The molecule has 0 radical (unpaired) electrons. The van der Waals surface area contributed by atoms with E-state index in [0.717, 1.165) is 0 Å². The van der Waals surface area contributed by atoms with Crippen LogP contribution in [0.3, 0.4) is 0 Å². The van der Waals surface area contributed by atoms with Crippen LogP contribution in [0.4, 0.5) is 4.79 Å². The van der Waals surface area contributed by atoms with Gasteiger partial charge in [-0.05, 0) is 11.8 Å². The van der Waals surface area contributed by atoms with Crippen molar-refractivity contribution in [3.63, 3.8) is 0 Å². The Labute approximate surface area is 106 Å². The van der Waals surface area contributed by atoms with Crippen LogP contribution >= 0.6 is 0 Å². The lowest BCUT2D eigenvalue weighted by atomic mass is 10.0. The lowest BCUT2D eigenvalue weighted by Crippen LogP contribution is -2.53. The first-order chi connectivity index (χ1) is 8.16. The molecule has 0 aliphatic heterocycles. The molecule has 0 spiro atoms. The van der Waals surface area contributed by atoms with Crippen LogP contribution in [-0.2, 0) is 9.59 Å². The van der Waals surface area contributed by atoms with Crippen LogP contribution in [0, 0.1) is 11.8 Å². The zero-order valence-electron chi connectivity index (χ0n) is 10.9. The molecule has 2 atom stereocenters. The highest BCUT2D eigenvalue weighted by Crippen LogP contribution is 2.04. The minimum Gasteiger partial charge on any atom is -0.480 e. The van der Waals surface area contributed by atoms with Gasteiger partial charge in [0.1, 0.15) is 12.1 Å². The number of nitrogens with one attached hydrogen (secondary N) is 2. The van der Waals surface area contributed by atoms with Crippen molar-refractivity contribution >= 4 is 18.0 Å². The fraction of sp³-hybridized carbons (Fsp3) is 0.727. The molecule has 0 aromatic heterocycles. The van der Waals surface area contributed by atoms with Crippen molar-refractivity contribution in [2.45, 2.75) is 39.8 Å². The van der Waals surface area contributed by atoms with E-state index >= 15 is 0 Å². The Balaban J connectivity index is 4.57. The van der Waals surface area contributed by atoms with E-state index in [1.54, 1.807) is 27.7 Å². The first-order valence-electron chi connectivity index (χ1n) is 5.69.